The second-order valence-electron chi connectivity index (χ2n) is 7.36. The van der Waals surface area contributed by atoms with Crippen LogP contribution in [0.15, 0.2) is 48.8 Å². The number of hydrogen-bond acceptors (Lipinski definition) is 5. The van der Waals surface area contributed by atoms with E-state index < -0.39 is 5.60 Å². The van der Waals surface area contributed by atoms with Crippen molar-refractivity contribution in [1.29, 1.82) is 0 Å². The minimum absolute atomic E-state index is 0.280. The Bertz CT molecular complexity index is 708. The van der Waals surface area contributed by atoms with Crippen LogP contribution in [-0.2, 0) is 4.74 Å². The highest BCUT2D eigenvalue weighted by molar-refractivity contribution is 5.90. The molecule has 0 unspecified atom stereocenters. The van der Waals surface area contributed by atoms with Crippen LogP contribution in [0.1, 0.15) is 37.6 Å². The summed E-state index contributed by atoms with van der Waals surface area (Å²) in [7, 11) is 0. The molecule has 132 valence electrons. The van der Waals surface area contributed by atoms with E-state index in [1.807, 2.05) is 57.2 Å². The zero-order valence-corrected chi connectivity index (χ0v) is 15.0. The van der Waals surface area contributed by atoms with Gasteiger partial charge >= 0.3 is 5.97 Å². The maximum Gasteiger partial charge on any atom is 0.338 e. The fourth-order valence-corrected chi connectivity index (χ4v) is 2.94. The van der Waals surface area contributed by atoms with E-state index in [1.165, 1.54) is 0 Å². The molecule has 1 saturated heterocycles. The van der Waals surface area contributed by atoms with Crippen LogP contribution < -0.4 is 10.2 Å². The molecular formula is C20H25N3O2. The largest absolute Gasteiger partial charge is 0.456 e. The number of carbonyl (C=O) groups excluding carboxylic acids is 1. The van der Waals surface area contributed by atoms with Gasteiger partial charge in [0.2, 0.25) is 0 Å². The van der Waals surface area contributed by atoms with Gasteiger partial charge in [0.15, 0.2) is 0 Å². The van der Waals surface area contributed by atoms with Gasteiger partial charge in [0.1, 0.15) is 5.60 Å². The maximum atomic E-state index is 12.1. The first kappa shape index (κ1) is 17.3. The first-order valence-electron chi connectivity index (χ1n) is 8.66. The lowest BCUT2D eigenvalue weighted by Gasteiger charge is -2.21. The van der Waals surface area contributed by atoms with E-state index in [0.29, 0.717) is 11.6 Å². The van der Waals surface area contributed by atoms with Gasteiger partial charge < -0.3 is 15.0 Å². The van der Waals surface area contributed by atoms with Crippen molar-refractivity contribution < 1.29 is 9.53 Å². The van der Waals surface area contributed by atoms with Gasteiger partial charge in [-0.25, -0.2) is 4.79 Å². The van der Waals surface area contributed by atoms with Gasteiger partial charge in [-0.1, -0.05) is 0 Å². The third kappa shape index (κ3) is 4.72. The van der Waals surface area contributed by atoms with Gasteiger partial charge in [0, 0.05) is 42.9 Å². The van der Waals surface area contributed by atoms with Gasteiger partial charge in [0.05, 0.1) is 5.56 Å². The lowest BCUT2D eigenvalue weighted by molar-refractivity contribution is 0.00696. The van der Waals surface area contributed by atoms with Crippen LogP contribution in [0, 0.1) is 0 Å². The van der Waals surface area contributed by atoms with Crippen molar-refractivity contribution in [2.24, 2.45) is 0 Å². The molecule has 0 aliphatic carbocycles. The number of pyridine rings is 1. The molecular weight excluding hydrogens is 314 g/mol. The fraction of sp³-hybridized carbons (Fsp3) is 0.400. The van der Waals surface area contributed by atoms with Gasteiger partial charge in [0.25, 0.3) is 0 Å². The number of aromatic nitrogens is 1. The molecule has 5 heteroatoms. The monoisotopic (exact) mass is 339 g/mol. The fourth-order valence-electron chi connectivity index (χ4n) is 2.94. The molecule has 2 aromatic rings. The van der Waals surface area contributed by atoms with E-state index in [4.69, 9.17) is 4.74 Å². The number of rotatable bonds is 4. The van der Waals surface area contributed by atoms with E-state index in [2.05, 4.69) is 15.2 Å². The molecule has 0 spiro atoms. The van der Waals surface area contributed by atoms with Crippen LogP contribution in [0.2, 0.25) is 0 Å². The normalized spacial score (nSPS) is 17.4. The molecule has 25 heavy (non-hydrogen) atoms. The molecule has 1 fully saturated rings. The number of nitrogens with one attached hydrogen (secondary N) is 1. The number of hydrogen-bond donors (Lipinski definition) is 1. The lowest BCUT2D eigenvalue weighted by atomic mass is 10.1. The van der Waals surface area contributed by atoms with Crippen LogP contribution in [0.5, 0.6) is 0 Å². The Morgan fingerprint density at radius 1 is 1.16 bits per heavy atom. The van der Waals surface area contributed by atoms with E-state index in [0.717, 1.165) is 30.9 Å². The van der Waals surface area contributed by atoms with Crippen molar-refractivity contribution in [3.8, 4) is 0 Å². The summed E-state index contributed by atoms with van der Waals surface area (Å²) in [5.74, 6) is -0.280. The Hall–Kier alpha value is -2.56. The molecule has 5 nitrogen and oxygen atoms in total. The predicted molar refractivity (Wildman–Crippen MR) is 100 cm³/mol. The van der Waals surface area contributed by atoms with Crippen molar-refractivity contribution in [2.75, 3.05) is 23.3 Å². The van der Waals surface area contributed by atoms with Crippen LogP contribution in [0.4, 0.5) is 11.4 Å². The lowest BCUT2D eigenvalue weighted by Crippen LogP contribution is -2.26. The topological polar surface area (TPSA) is 54.5 Å². The highest BCUT2D eigenvalue weighted by Gasteiger charge is 2.23. The SMILES string of the molecule is CC(C)(C)OC(=O)c1ccc(N2CC[C@H](Nc3ccncc3)C2)cc1. The second-order valence-corrected chi connectivity index (χ2v) is 7.36. The zero-order valence-electron chi connectivity index (χ0n) is 15.0. The number of carbonyl (C=O) groups is 1. The predicted octanol–water partition coefficient (Wildman–Crippen LogP) is 3.73. The molecule has 0 amide bonds. The Kier molecular flexibility index (Phi) is 4.93. The molecule has 1 N–H and O–H groups in total. The van der Waals surface area contributed by atoms with Crippen molar-refractivity contribution in [1.82, 2.24) is 4.98 Å². The summed E-state index contributed by atoms with van der Waals surface area (Å²) in [5, 5.41) is 3.54. The molecule has 3 rings (SSSR count). The molecule has 1 aromatic heterocycles. The van der Waals surface area contributed by atoms with Gasteiger partial charge in [-0.05, 0) is 63.6 Å². The Balaban J connectivity index is 1.59. The quantitative estimate of drug-likeness (QED) is 0.860. The van der Waals surface area contributed by atoms with Crippen LogP contribution in [0.3, 0.4) is 0 Å². The molecule has 0 bridgehead atoms. The van der Waals surface area contributed by atoms with Crippen LogP contribution in [0.25, 0.3) is 0 Å². The summed E-state index contributed by atoms with van der Waals surface area (Å²) >= 11 is 0. The number of benzene rings is 1. The summed E-state index contributed by atoms with van der Waals surface area (Å²) in [5.41, 5.74) is 2.34. The molecule has 0 radical (unpaired) electrons. The number of nitrogens with zero attached hydrogens (tertiary/aromatic N) is 2. The van der Waals surface area contributed by atoms with Crippen LogP contribution >= 0.6 is 0 Å². The smallest absolute Gasteiger partial charge is 0.338 e. The number of anilines is 2. The Morgan fingerprint density at radius 2 is 1.84 bits per heavy atom. The molecule has 1 aliphatic rings. The summed E-state index contributed by atoms with van der Waals surface area (Å²) in [6.07, 6.45) is 4.67. The van der Waals surface area contributed by atoms with Crippen molar-refractivity contribution in [3.05, 3.63) is 54.4 Å². The van der Waals surface area contributed by atoms with Gasteiger partial charge in [-0.3, -0.25) is 4.98 Å². The Morgan fingerprint density at radius 3 is 2.48 bits per heavy atom. The molecule has 2 heterocycles. The summed E-state index contributed by atoms with van der Waals surface area (Å²) in [4.78, 5) is 18.5. The molecule has 1 atom stereocenters. The van der Waals surface area contributed by atoms with Gasteiger partial charge in [-0.15, -0.1) is 0 Å². The zero-order chi connectivity index (χ0) is 17.9. The average Bonchev–Trinajstić information content (AvgIpc) is 3.03. The van der Waals surface area contributed by atoms with E-state index in [1.54, 1.807) is 12.4 Å². The van der Waals surface area contributed by atoms with E-state index >= 15 is 0 Å². The first-order chi connectivity index (χ1) is 11.9. The number of ether oxygens (including phenoxy) is 1. The van der Waals surface area contributed by atoms with Crippen LogP contribution in [-0.4, -0.2) is 35.7 Å². The minimum atomic E-state index is -0.476. The van der Waals surface area contributed by atoms with Gasteiger partial charge in [-0.2, -0.15) is 0 Å². The summed E-state index contributed by atoms with van der Waals surface area (Å²) in [6.45, 7) is 7.56. The summed E-state index contributed by atoms with van der Waals surface area (Å²) in [6, 6.07) is 12.0. The first-order valence-corrected chi connectivity index (χ1v) is 8.66. The van der Waals surface area contributed by atoms with Crippen molar-refractivity contribution in [3.63, 3.8) is 0 Å². The van der Waals surface area contributed by atoms with Crippen molar-refractivity contribution >= 4 is 17.3 Å². The molecule has 1 aromatic carbocycles. The van der Waals surface area contributed by atoms with E-state index in [-0.39, 0.29) is 5.97 Å². The third-order valence-electron chi connectivity index (χ3n) is 4.11. The molecule has 1 aliphatic heterocycles. The maximum absolute atomic E-state index is 12.1. The molecule has 0 saturated carbocycles. The standard InChI is InChI=1S/C20H25N3O2/c1-20(2,3)25-19(24)15-4-6-18(7-5-15)23-13-10-17(14-23)22-16-8-11-21-12-9-16/h4-9,11-12,17H,10,13-14H2,1-3H3,(H,21,22)/t17-/m0/s1. The number of esters is 1. The highest BCUT2D eigenvalue weighted by atomic mass is 16.6. The Labute approximate surface area is 149 Å². The van der Waals surface area contributed by atoms with E-state index in [9.17, 15) is 4.79 Å². The minimum Gasteiger partial charge on any atom is -0.456 e. The highest BCUT2D eigenvalue weighted by Crippen LogP contribution is 2.23. The average molecular weight is 339 g/mol. The van der Waals surface area contributed by atoms with Crippen molar-refractivity contribution in [2.45, 2.75) is 38.8 Å². The summed E-state index contributed by atoms with van der Waals surface area (Å²) < 4.78 is 5.40. The third-order valence-corrected chi connectivity index (χ3v) is 4.11. The second kappa shape index (κ2) is 7.13.